The Bertz CT molecular complexity index is 518. The van der Waals surface area contributed by atoms with Gasteiger partial charge in [0.2, 0.25) is 11.8 Å². The maximum Gasteiger partial charge on any atom is 0.318 e. The molecule has 4 N–H and O–H groups in total. The van der Waals surface area contributed by atoms with Crippen molar-refractivity contribution < 1.29 is 14.4 Å². The number of urea groups is 1. The first kappa shape index (κ1) is 12.4. The van der Waals surface area contributed by atoms with Crippen LogP contribution in [0.1, 0.15) is 6.42 Å². The summed E-state index contributed by atoms with van der Waals surface area (Å²) in [5.74, 6) is -0.812. The lowest BCUT2D eigenvalue weighted by molar-refractivity contribution is -0.123. The van der Waals surface area contributed by atoms with Gasteiger partial charge in [-0.3, -0.25) is 14.9 Å². The number of nitrogens with one attached hydrogen (secondary N) is 2. The molecule has 7 heteroatoms. The molecular weight excluding hydrogens is 254 g/mol. The van der Waals surface area contributed by atoms with Crippen LogP contribution < -0.4 is 16.4 Å². The largest absolute Gasteiger partial charge is 0.351 e. The van der Waals surface area contributed by atoms with Crippen LogP contribution in [0.25, 0.3) is 0 Å². The van der Waals surface area contributed by atoms with Gasteiger partial charge < -0.3 is 11.1 Å². The Kier molecular flexibility index (Phi) is 3.52. The number of nitrogens with two attached hydrogens (primary N) is 1. The van der Waals surface area contributed by atoms with E-state index in [2.05, 4.69) is 5.32 Å². The molecule has 1 atom stereocenters. The minimum atomic E-state index is -0.915. The number of fused-ring (bicyclic) bond motifs is 1. The number of carbonyl (C=O) groups excluding carboxylic acids is 3. The number of anilines is 1. The van der Waals surface area contributed by atoms with Crippen LogP contribution in [-0.4, -0.2) is 23.1 Å². The van der Waals surface area contributed by atoms with Crippen molar-refractivity contribution in [2.24, 2.45) is 5.73 Å². The number of carbonyl (C=O) groups is 3. The second-order valence-corrected chi connectivity index (χ2v) is 4.95. The molecule has 0 saturated heterocycles. The van der Waals surface area contributed by atoms with Crippen LogP contribution in [0.15, 0.2) is 29.2 Å². The van der Waals surface area contributed by atoms with Gasteiger partial charge in [0.25, 0.3) is 0 Å². The summed E-state index contributed by atoms with van der Waals surface area (Å²) in [6.45, 7) is 0. The van der Waals surface area contributed by atoms with Gasteiger partial charge in [0.1, 0.15) is 0 Å². The molecule has 0 fully saturated rings. The third-order valence-corrected chi connectivity index (χ3v) is 3.62. The summed E-state index contributed by atoms with van der Waals surface area (Å²) in [7, 11) is 0. The Balaban J connectivity index is 2.06. The van der Waals surface area contributed by atoms with E-state index in [1.165, 1.54) is 11.8 Å². The molecule has 2 rings (SSSR count). The molecule has 0 unspecified atom stereocenters. The lowest BCUT2D eigenvalue weighted by Gasteiger charge is -2.23. The summed E-state index contributed by atoms with van der Waals surface area (Å²) in [5.41, 5.74) is 5.57. The topological polar surface area (TPSA) is 101 Å². The Morgan fingerprint density at radius 2 is 2.11 bits per heavy atom. The number of hydrogen-bond donors (Lipinski definition) is 3. The van der Waals surface area contributed by atoms with Gasteiger partial charge in [0.05, 0.1) is 10.9 Å². The highest BCUT2D eigenvalue weighted by Crippen LogP contribution is 2.36. The standard InChI is InChI=1S/C11H11N3O3S/c12-11(17)14-9(15)5-8-10(16)13-6-3-1-2-4-7(6)18-8/h1-4,8H,5H2,(H,13,16)(H3,12,14,15,17)/t8-/m0/s1. The number of thioether (sulfide) groups is 1. The number of amides is 4. The highest BCUT2D eigenvalue weighted by atomic mass is 32.2. The number of para-hydroxylation sites is 1. The molecule has 1 aromatic carbocycles. The highest BCUT2D eigenvalue weighted by molar-refractivity contribution is 8.01. The van der Waals surface area contributed by atoms with Gasteiger partial charge in [-0.15, -0.1) is 11.8 Å². The molecule has 0 aliphatic carbocycles. The van der Waals surface area contributed by atoms with Gasteiger partial charge in [-0.25, -0.2) is 4.79 Å². The zero-order valence-corrected chi connectivity index (χ0v) is 10.1. The third kappa shape index (κ3) is 2.80. The molecule has 94 valence electrons. The summed E-state index contributed by atoms with van der Waals surface area (Å²) in [5, 5.41) is 4.10. The molecule has 1 heterocycles. The van der Waals surface area contributed by atoms with E-state index in [0.29, 0.717) is 0 Å². The lowest BCUT2D eigenvalue weighted by Crippen LogP contribution is -2.39. The van der Waals surface area contributed by atoms with Crippen LogP contribution in [0, 0.1) is 0 Å². The van der Waals surface area contributed by atoms with E-state index >= 15 is 0 Å². The average Bonchev–Trinajstić information content (AvgIpc) is 2.29. The Labute approximate surface area is 107 Å². The first-order valence-electron chi connectivity index (χ1n) is 5.22. The van der Waals surface area contributed by atoms with Crippen LogP contribution in [0.5, 0.6) is 0 Å². The molecule has 18 heavy (non-hydrogen) atoms. The van der Waals surface area contributed by atoms with Gasteiger partial charge in [-0.2, -0.15) is 0 Å². The Hall–Kier alpha value is -2.02. The van der Waals surface area contributed by atoms with Gasteiger partial charge in [-0.05, 0) is 12.1 Å². The molecule has 0 aromatic heterocycles. The van der Waals surface area contributed by atoms with E-state index in [1.54, 1.807) is 6.07 Å². The van der Waals surface area contributed by atoms with Crippen molar-refractivity contribution in [2.75, 3.05) is 5.32 Å². The normalized spacial score (nSPS) is 17.6. The van der Waals surface area contributed by atoms with Crippen LogP contribution in [0.3, 0.4) is 0 Å². The second kappa shape index (κ2) is 5.09. The van der Waals surface area contributed by atoms with Crippen LogP contribution in [0.4, 0.5) is 10.5 Å². The summed E-state index contributed by atoms with van der Waals surface area (Å²) in [6.07, 6.45) is -0.0895. The fourth-order valence-corrected chi connectivity index (χ4v) is 2.69. The molecule has 1 aliphatic heterocycles. The fourth-order valence-electron chi connectivity index (χ4n) is 1.58. The van der Waals surface area contributed by atoms with Gasteiger partial charge in [0, 0.05) is 11.3 Å². The molecule has 0 radical (unpaired) electrons. The van der Waals surface area contributed by atoms with Crippen molar-refractivity contribution in [3.8, 4) is 0 Å². The Morgan fingerprint density at radius 1 is 1.39 bits per heavy atom. The zero-order valence-electron chi connectivity index (χ0n) is 9.30. The molecule has 0 bridgehead atoms. The Morgan fingerprint density at radius 3 is 2.83 bits per heavy atom. The lowest BCUT2D eigenvalue weighted by atomic mass is 10.2. The summed E-state index contributed by atoms with van der Waals surface area (Å²) in [6, 6.07) is 6.41. The van der Waals surface area contributed by atoms with Crippen molar-refractivity contribution in [3.63, 3.8) is 0 Å². The highest BCUT2D eigenvalue weighted by Gasteiger charge is 2.28. The maximum absolute atomic E-state index is 11.8. The van der Waals surface area contributed by atoms with Crippen molar-refractivity contribution >= 4 is 35.3 Å². The molecule has 0 saturated carbocycles. The molecule has 4 amide bonds. The average molecular weight is 265 g/mol. The molecule has 6 nitrogen and oxygen atoms in total. The summed E-state index contributed by atoms with van der Waals surface area (Å²) < 4.78 is 0. The molecule has 1 aromatic rings. The second-order valence-electron chi connectivity index (χ2n) is 3.71. The van der Waals surface area contributed by atoms with Crippen LogP contribution in [0.2, 0.25) is 0 Å². The number of benzene rings is 1. The number of primary amides is 1. The minimum Gasteiger partial charge on any atom is -0.351 e. The van der Waals surface area contributed by atoms with Gasteiger partial charge in [0.15, 0.2) is 0 Å². The molecule has 0 spiro atoms. The van der Waals surface area contributed by atoms with Crippen LogP contribution in [-0.2, 0) is 9.59 Å². The predicted molar refractivity (Wildman–Crippen MR) is 67.1 cm³/mol. The number of imide groups is 1. The molecular formula is C11H11N3O3S. The quantitative estimate of drug-likeness (QED) is 0.732. The third-order valence-electron chi connectivity index (χ3n) is 2.34. The van der Waals surface area contributed by atoms with Crippen LogP contribution >= 0.6 is 11.8 Å². The van der Waals surface area contributed by atoms with E-state index in [9.17, 15) is 14.4 Å². The van der Waals surface area contributed by atoms with E-state index in [-0.39, 0.29) is 12.3 Å². The SMILES string of the molecule is NC(=O)NC(=O)C[C@@H]1Sc2ccccc2NC1=O. The first-order chi connectivity index (χ1) is 8.56. The van der Waals surface area contributed by atoms with E-state index in [4.69, 9.17) is 5.73 Å². The summed E-state index contributed by atoms with van der Waals surface area (Å²) in [4.78, 5) is 34.5. The number of hydrogen-bond acceptors (Lipinski definition) is 4. The first-order valence-corrected chi connectivity index (χ1v) is 6.10. The predicted octanol–water partition coefficient (Wildman–Crippen LogP) is 0.684. The molecule has 1 aliphatic rings. The van der Waals surface area contributed by atoms with Crippen molar-refractivity contribution in [1.29, 1.82) is 0 Å². The van der Waals surface area contributed by atoms with E-state index < -0.39 is 17.2 Å². The van der Waals surface area contributed by atoms with Crippen molar-refractivity contribution in [1.82, 2.24) is 5.32 Å². The summed E-state index contributed by atoms with van der Waals surface area (Å²) >= 11 is 1.30. The van der Waals surface area contributed by atoms with Gasteiger partial charge in [-0.1, -0.05) is 12.1 Å². The smallest absolute Gasteiger partial charge is 0.318 e. The fraction of sp³-hybridized carbons (Fsp3) is 0.182. The number of rotatable bonds is 2. The maximum atomic E-state index is 11.8. The zero-order chi connectivity index (χ0) is 13.1. The van der Waals surface area contributed by atoms with E-state index in [1.807, 2.05) is 23.5 Å². The van der Waals surface area contributed by atoms with Crippen molar-refractivity contribution in [2.45, 2.75) is 16.6 Å². The van der Waals surface area contributed by atoms with E-state index in [0.717, 1.165) is 10.6 Å². The minimum absolute atomic E-state index is 0.0895. The monoisotopic (exact) mass is 265 g/mol. The van der Waals surface area contributed by atoms with Crippen molar-refractivity contribution in [3.05, 3.63) is 24.3 Å². The van der Waals surface area contributed by atoms with Gasteiger partial charge >= 0.3 is 6.03 Å².